The normalized spacial score (nSPS) is 16.1. The molecule has 2 amide bonds. The van der Waals surface area contributed by atoms with Crippen molar-refractivity contribution in [2.24, 2.45) is 0 Å². The molecule has 0 aromatic heterocycles. The highest BCUT2D eigenvalue weighted by molar-refractivity contribution is 5.90. The molecule has 0 unspecified atom stereocenters. The van der Waals surface area contributed by atoms with Gasteiger partial charge in [-0.15, -0.1) is 0 Å². The van der Waals surface area contributed by atoms with E-state index in [4.69, 9.17) is 0 Å². The summed E-state index contributed by atoms with van der Waals surface area (Å²) in [6.45, 7) is 0. The predicted molar refractivity (Wildman–Crippen MR) is 85.1 cm³/mol. The van der Waals surface area contributed by atoms with Crippen LogP contribution in [-0.2, 0) is 5.54 Å². The molecule has 0 bridgehead atoms. The first-order valence-electron chi connectivity index (χ1n) is 7.69. The highest BCUT2D eigenvalue weighted by Crippen LogP contribution is 2.38. The van der Waals surface area contributed by atoms with Crippen LogP contribution in [0.2, 0.25) is 0 Å². The Hall–Kier alpha value is -2.43. The number of rotatable bonds is 3. The first-order chi connectivity index (χ1) is 11.1. The minimum atomic E-state index is -0.525. The van der Waals surface area contributed by atoms with Crippen molar-refractivity contribution < 1.29 is 13.6 Å². The molecule has 2 N–H and O–H groups in total. The zero-order chi connectivity index (χ0) is 16.3. The number of amides is 2. The number of benzene rings is 2. The first kappa shape index (κ1) is 15.5. The summed E-state index contributed by atoms with van der Waals surface area (Å²) in [5, 5.41) is 5.51. The number of anilines is 1. The Bertz CT molecular complexity index is 694. The number of hydrogen-bond donors (Lipinski definition) is 2. The number of nitrogens with one attached hydrogen (secondary N) is 2. The van der Waals surface area contributed by atoms with Crippen LogP contribution in [0.5, 0.6) is 0 Å². The molecular formula is C18H18F2N2O. The van der Waals surface area contributed by atoms with Crippen LogP contribution in [0.4, 0.5) is 19.3 Å². The molecule has 1 aliphatic rings. The summed E-state index contributed by atoms with van der Waals surface area (Å²) in [7, 11) is 0. The van der Waals surface area contributed by atoms with Crippen molar-refractivity contribution in [3.8, 4) is 0 Å². The van der Waals surface area contributed by atoms with Crippen LogP contribution < -0.4 is 10.6 Å². The van der Waals surface area contributed by atoms with Crippen LogP contribution in [0.3, 0.4) is 0 Å². The van der Waals surface area contributed by atoms with Gasteiger partial charge < -0.3 is 10.6 Å². The Labute approximate surface area is 133 Å². The fraction of sp³-hybridized carbons (Fsp3) is 0.278. The van der Waals surface area contributed by atoms with Gasteiger partial charge in [0.05, 0.1) is 11.2 Å². The van der Waals surface area contributed by atoms with Crippen molar-refractivity contribution in [2.45, 2.75) is 31.2 Å². The van der Waals surface area contributed by atoms with E-state index in [1.807, 2.05) is 0 Å². The van der Waals surface area contributed by atoms with Crippen molar-refractivity contribution in [1.29, 1.82) is 0 Å². The van der Waals surface area contributed by atoms with E-state index in [0.29, 0.717) is 0 Å². The Morgan fingerprint density at radius 2 is 1.61 bits per heavy atom. The highest BCUT2D eigenvalue weighted by Gasteiger charge is 2.37. The van der Waals surface area contributed by atoms with Gasteiger partial charge in [-0.3, -0.25) is 0 Å². The zero-order valence-electron chi connectivity index (χ0n) is 12.6. The third-order valence-corrected chi connectivity index (χ3v) is 4.33. The number of urea groups is 1. The standard InChI is InChI=1S/C18H18F2N2O/c19-14-9-7-13(8-10-14)18(11-3-4-12-18)22-17(23)21-16-6-2-1-5-15(16)20/h1-2,5-10H,3-4,11-12H2,(H2,21,22,23). The van der Waals surface area contributed by atoms with E-state index < -0.39 is 17.4 Å². The van der Waals surface area contributed by atoms with Gasteiger partial charge in [-0.05, 0) is 42.7 Å². The van der Waals surface area contributed by atoms with E-state index in [1.54, 1.807) is 24.3 Å². The molecule has 3 rings (SSSR count). The fourth-order valence-electron chi connectivity index (χ4n) is 3.17. The summed E-state index contributed by atoms with van der Waals surface area (Å²) >= 11 is 0. The molecule has 0 atom stereocenters. The Kier molecular flexibility index (Phi) is 4.28. The third kappa shape index (κ3) is 3.33. The van der Waals surface area contributed by atoms with Crippen molar-refractivity contribution in [3.63, 3.8) is 0 Å². The highest BCUT2D eigenvalue weighted by atomic mass is 19.1. The van der Waals surface area contributed by atoms with E-state index in [-0.39, 0.29) is 11.5 Å². The van der Waals surface area contributed by atoms with Crippen LogP contribution in [0.15, 0.2) is 48.5 Å². The number of hydrogen-bond acceptors (Lipinski definition) is 1. The quantitative estimate of drug-likeness (QED) is 0.856. The lowest BCUT2D eigenvalue weighted by Crippen LogP contribution is -2.45. The smallest absolute Gasteiger partial charge is 0.320 e. The van der Waals surface area contributed by atoms with Crippen LogP contribution in [-0.4, -0.2) is 6.03 Å². The maximum absolute atomic E-state index is 13.6. The predicted octanol–water partition coefficient (Wildman–Crippen LogP) is 4.56. The summed E-state index contributed by atoms with van der Waals surface area (Å²) in [5.74, 6) is -0.789. The Morgan fingerprint density at radius 1 is 0.957 bits per heavy atom. The van der Waals surface area contributed by atoms with E-state index in [2.05, 4.69) is 10.6 Å². The molecule has 1 saturated carbocycles. The monoisotopic (exact) mass is 316 g/mol. The van der Waals surface area contributed by atoms with Crippen LogP contribution in [0.1, 0.15) is 31.2 Å². The molecule has 0 heterocycles. The minimum absolute atomic E-state index is 0.136. The van der Waals surface area contributed by atoms with Gasteiger partial charge in [0.25, 0.3) is 0 Å². The van der Waals surface area contributed by atoms with Gasteiger partial charge in [-0.2, -0.15) is 0 Å². The molecule has 1 fully saturated rings. The second-order valence-electron chi connectivity index (χ2n) is 5.86. The SMILES string of the molecule is O=C(Nc1ccccc1F)NC1(c2ccc(F)cc2)CCCC1. The maximum atomic E-state index is 13.6. The van der Waals surface area contributed by atoms with Crippen LogP contribution >= 0.6 is 0 Å². The third-order valence-electron chi connectivity index (χ3n) is 4.33. The molecule has 0 aliphatic heterocycles. The number of carbonyl (C=O) groups is 1. The summed E-state index contributed by atoms with van der Waals surface area (Å²) in [6.07, 6.45) is 3.53. The van der Waals surface area contributed by atoms with E-state index in [1.165, 1.54) is 24.3 Å². The van der Waals surface area contributed by atoms with Crippen molar-refractivity contribution in [2.75, 3.05) is 5.32 Å². The van der Waals surface area contributed by atoms with Gasteiger partial charge in [0, 0.05) is 0 Å². The van der Waals surface area contributed by atoms with Gasteiger partial charge in [-0.1, -0.05) is 37.1 Å². The molecule has 23 heavy (non-hydrogen) atoms. The maximum Gasteiger partial charge on any atom is 0.320 e. The summed E-state index contributed by atoms with van der Waals surface area (Å²) < 4.78 is 26.8. The average molecular weight is 316 g/mol. The van der Waals surface area contributed by atoms with E-state index in [0.717, 1.165) is 31.2 Å². The van der Waals surface area contributed by atoms with Crippen LogP contribution in [0, 0.1) is 11.6 Å². The largest absolute Gasteiger partial charge is 0.328 e. The minimum Gasteiger partial charge on any atom is -0.328 e. The first-order valence-corrected chi connectivity index (χ1v) is 7.69. The second kappa shape index (κ2) is 6.36. The second-order valence-corrected chi connectivity index (χ2v) is 5.86. The fourth-order valence-corrected chi connectivity index (χ4v) is 3.17. The molecule has 120 valence electrons. The molecule has 1 aliphatic carbocycles. The summed E-state index contributed by atoms with van der Waals surface area (Å²) in [6, 6.07) is 11.8. The topological polar surface area (TPSA) is 41.1 Å². The molecule has 0 saturated heterocycles. The van der Waals surface area contributed by atoms with Crippen LogP contribution in [0.25, 0.3) is 0 Å². The molecule has 5 heteroatoms. The molecular weight excluding hydrogens is 298 g/mol. The van der Waals surface area contributed by atoms with E-state index in [9.17, 15) is 13.6 Å². The van der Waals surface area contributed by atoms with Gasteiger partial charge in [0.2, 0.25) is 0 Å². The number of para-hydroxylation sites is 1. The lowest BCUT2D eigenvalue weighted by Gasteiger charge is -2.31. The van der Waals surface area contributed by atoms with Crippen molar-refractivity contribution in [3.05, 3.63) is 65.7 Å². The van der Waals surface area contributed by atoms with Gasteiger partial charge >= 0.3 is 6.03 Å². The van der Waals surface area contributed by atoms with E-state index >= 15 is 0 Å². The molecule has 0 spiro atoms. The van der Waals surface area contributed by atoms with Gasteiger partial charge in [0.1, 0.15) is 11.6 Å². The lowest BCUT2D eigenvalue weighted by molar-refractivity contribution is 0.236. The van der Waals surface area contributed by atoms with Gasteiger partial charge in [-0.25, -0.2) is 13.6 Å². The van der Waals surface area contributed by atoms with Gasteiger partial charge in [0.15, 0.2) is 0 Å². The lowest BCUT2D eigenvalue weighted by atomic mass is 9.88. The molecule has 0 radical (unpaired) electrons. The molecule has 2 aromatic rings. The summed E-state index contributed by atoms with van der Waals surface area (Å²) in [5.41, 5.74) is 0.487. The Balaban J connectivity index is 1.78. The van der Waals surface area contributed by atoms with Crippen molar-refractivity contribution >= 4 is 11.7 Å². The zero-order valence-corrected chi connectivity index (χ0v) is 12.6. The summed E-state index contributed by atoms with van der Waals surface area (Å²) in [4.78, 5) is 12.3. The number of carbonyl (C=O) groups excluding carboxylic acids is 1. The average Bonchev–Trinajstić information content (AvgIpc) is 3.00. The molecule has 3 nitrogen and oxygen atoms in total. The molecule has 2 aromatic carbocycles. The number of halogens is 2. The van der Waals surface area contributed by atoms with Crippen molar-refractivity contribution in [1.82, 2.24) is 5.32 Å². The Morgan fingerprint density at radius 3 is 2.26 bits per heavy atom.